The van der Waals surface area contributed by atoms with Crippen molar-refractivity contribution in [2.75, 3.05) is 6.61 Å². The molecule has 0 spiro atoms. The van der Waals surface area contributed by atoms with Crippen LogP contribution in [-0.2, 0) is 11.2 Å². The zero-order chi connectivity index (χ0) is 17.0. The van der Waals surface area contributed by atoms with Gasteiger partial charge < -0.3 is 9.84 Å². The van der Waals surface area contributed by atoms with Crippen molar-refractivity contribution < 1.29 is 9.84 Å². The number of phenolic OH excluding ortho intramolecular Hbond substituents is 1. The number of rotatable bonds is 14. The van der Waals surface area contributed by atoms with Crippen molar-refractivity contribution >= 4 is 0 Å². The van der Waals surface area contributed by atoms with Gasteiger partial charge in [0.2, 0.25) is 0 Å². The summed E-state index contributed by atoms with van der Waals surface area (Å²) in [7, 11) is 0. The van der Waals surface area contributed by atoms with E-state index >= 15 is 0 Å². The third-order valence-electron chi connectivity index (χ3n) is 5.13. The van der Waals surface area contributed by atoms with Gasteiger partial charge in [-0.3, -0.25) is 0 Å². The highest BCUT2D eigenvalue weighted by atomic mass is 16.6. The van der Waals surface area contributed by atoms with E-state index in [1.54, 1.807) is 6.07 Å². The van der Waals surface area contributed by atoms with Gasteiger partial charge in [-0.2, -0.15) is 0 Å². The topological polar surface area (TPSA) is 32.8 Å². The molecule has 1 aromatic rings. The zero-order valence-electron chi connectivity index (χ0n) is 15.6. The second kappa shape index (κ2) is 11.5. The van der Waals surface area contributed by atoms with Crippen LogP contribution in [0.3, 0.4) is 0 Å². The Bertz CT molecular complexity index is 451. The molecule has 0 amide bonds. The average Bonchev–Trinajstić information content (AvgIpc) is 3.40. The van der Waals surface area contributed by atoms with E-state index in [4.69, 9.17) is 4.74 Å². The number of hydrogen-bond donors (Lipinski definition) is 1. The first-order valence-corrected chi connectivity index (χ1v) is 10.2. The first-order chi connectivity index (χ1) is 11.8. The highest BCUT2D eigenvalue weighted by Gasteiger charge is 2.29. The Labute approximate surface area is 148 Å². The summed E-state index contributed by atoms with van der Waals surface area (Å²) in [5.41, 5.74) is 2.32. The van der Waals surface area contributed by atoms with Gasteiger partial charge in [-0.05, 0) is 24.5 Å². The molecule has 1 N–H and O–H groups in total. The second-order valence-corrected chi connectivity index (χ2v) is 7.31. The van der Waals surface area contributed by atoms with Crippen LogP contribution in [-0.4, -0.2) is 11.7 Å². The number of benzene rings is 1. The van der Waals surface area contributed by atoms with Crippen LogP contribution in [0, 0.1) is 0 Å². The molecule has 0 aliphatic carbocycles. The molecule has 0 bridgehead atoms. The number of unbranched alkanes of at least 4 members (excludes halogenated alkanes) is 11. The maximum absolute atomic E-state index is 10.0. The summed E-state index contributed by atoms with van der Waals surface area (Å²) in [6.07, 6.45) is 17.8. The van der Waals surface area contributed by atoms with E-state index in [2.05, 4.69) is 13.0 Å². The van der Waals surface area contributed by atoms with E-state index < -0.39 is 0 Å². The maximum Gasteiger partial charge on any atom is 0.121 e. The molecule has 0 aromatic heterocycles. The Kier molecular flexibility index (Phi) is 9.27. The summed E-state index contributed by atoms with van der Waals surface area (Å²) >= 11 is 0. The third-order valence-corrected chi connectivity index (χ3v) is 5.13. The quantitative estimate of drug-likeness (QED) is 0.303. The molecule has 1 aromatic carbocycles. The van der Waals surface area contributed by atoms with Gasteiger partial charge in [0.05, 0.1) is 6.61 Å². The fourth-order valence-electron chi connectivity index (χ4n) is 3.56. The van der Waals surface area contributed by atoms with Gasteiger partial charge in [-0.15, -0.1) is 0 Å². The number of aryl methyl sites for hydroxylation is 1. The Morgan fingerprint density at radius 3 is 1.96 bits per heavy atom. The highest BCUT2D eigenvalue weighted by Crippen LogP contribution is 2.38. The van der Waals surface area contributed by atoms with E-state index in [-0.39, 0.29) is 6.10 Å². The van der Waals surface area contributed by atoms with Crippen molar-refractivity contribution in [3.05, 3.63) is 29.3 Å². The summed E-state index contributed by atoms with van der Waals surface area (Å²) in [5, 5.41) is 10.0. The highest BCUT2D eigenvalue weighted by molar-refractivity contribution is 5.42. The minimum absolute atomic E-state index is 0.151. The van der Waals surface area contributed by atoms with E-state index in [1.807, 2.05) is 6.07 Å². The molecule has 1 aliphatic heterocycles. The van der Waals surface area contributed by atoms with E-state index in [1.165, 1.54) is 82.6 Å². The lowest BCUT2D eigenvalue weighted by Gasteiger charge is -2.09. The molecule has 1 fully saturated rings. The minimum Gasteiger partial charge on any atom is -0.508 e. The molecule has 0 saturated carbocycles. The lowest BCUT2D eigenvalue weighted by atomic mass is 9.97. The smallest absolute Gasteiger partial charge is 0.121 e. The molecule has 2 nitrogen and oxygen atoms in total. The van der Waals surface area contributed by atoms with Crippen molar-refractivity contribution in [1.82, 2.24) is 0 Å². The van der Waals surface area contributed by atoms with Gasteiger partial charge in [-0.25, -0.2) is 0 Å². The Balaban J connectivity index is 1.47. The molecule has 0 radical (unpaired) electrons. The summed E-state index contributed by atoms with van der Waals surface area (Å²) in [6.45, 7) is 3.05. The van der Waals surface area contributed by atoms with Crippen molar-refractivity contribution in [3.63, 3.8) is 0 Å². The summed E-state index contributed by atoms with van der Waals surface area (Å²) in [6, 6.07) is 5.88. The van der Waals surface area contributed by atoms with Crippen molar-refractivity contribution in [2.45, 2.75) is 96.5 Å². The number of ether oxygens (including phenoxy) is 1. The lowest BCUT2D eigenvalue weighted by Crippen LogP contribution is -1.94. The largest absolute Gasteiger partial charge is 0.508 e. The number of aromatic hydroxyl groups is 1. The molecule has 2 rings (SSSR count). The molecular weight excluding hydrogens is 296 g/mol. The Morgan fingerprint density at radius 2 is 1.42 bits per heavy atom. The van der Waals surface area contributed by atoms with Crippen LogP contribution in [0.1, 0.15) is 101 Å². The zero-order valence-corrected chi connectivity index (χ0v) is 15.6. The summed E-state index contributed by atoms with van der Waals surface area (Å²) in [5.74, 6) is 0.411. The monoisotopic (exact) mass is 332 g/mol. The molecule has 1 unspecified atom stereocenters. The molecule has 24 heavy (non-hydrogen) atoms. The normalized spacial score (nSPS) is 16.5. The van der Waals surface area contributed by atoms with Gasteiger partial charge in [0, 0.05) is 5.56 Å². The first kappa shape index (κ1) is 19.3. The van der Waals surface area contributed by atoms with Crippen molar-refractivity contribution in [3.8, 4) is 5.75 Å². The fraction of sp³-hybridized carbons (Fsp3) is 0.727. The fourth-order valence-corrected chi connectivity index (χ4v) is 3.56. The van der Waals surface area contributed by atoms with E-state index in [0.717, 1.165) is 18.6 Å². The summed E-state index contributed by atoms with van der Waals surface area (Å²) in [4.78, 5) is 0. The Morgan fingerprint density at radius 1 is 0.875 bits per heavy atom. The third kappa shape index (κ3) is 7.25. The van der Waals surface area contributed by atoms with Gasteiger partial charge in [0.15, 0.2) is 0 Å². The average molecular weight is 333 g/mol. The number of phenols is 1. The van der Waals surface area contributed by atoms with E-state index in [9.17, 15) is 5.11 Å². The molecular formula is C22H36O2. The first-order valence-electron chi connectivity index (χ1n) is 10.2. The van der Waals surface area contributed by atoms with Gasteiger partial charge in [0.1, 0.15) is 11.9 Å². The van der Waals surface area contributed by atoms with Crippen LogP contribution in [0.15, 0.2) is 18.2 Å². The maximum atomic E-state index is 10.0. The van der Waals surface area contributed by atoms with Crippen LogP contribution < -0.4 is 0 Å². The Hall–Kier alpha value is -1.02. The van der Waals surface area contributed by atoms with Crippen molar-refractivity contribution in [1.29, 1.82) is 0 Å². The van der Waals surface area contributed by atoms with Crippen molar-refractivity contribution in [2.24, 2.45) is 0 Å². The van der Waals surface area contributed by atoms with Crippen LogP contribution in [0.5, 0.6) is 5.75 Å². The summed E-state index contributed by atoms with van der Waals surface area (Å²) < 4.78 is 5.37. The van der Waals surface area contributed by atoms with Crippen LogP contribution >= 0.6 is 0 Å². The standard InChI is InChI=1S/C22H36O2/c1-2-3-4-5-6-7-8-9-10-11-12-13-15-19-16-14-17-20(23)22(19)21-18-24-21/h14,16-17,21,23H,2-13,15,18H2,1H3. The van der Waals surface area contributed by atoms with Crippen LogP contribution in [0.2, 0.25) is 0 Å². The molecule has 2 heteroatoms. The predicted octanol–water partition coefficient (Wildman–Crippen LogP) is 6.71. The molecule has 136 valence electrons. The van der Waals surface area contributed by atoms with Crippen LogP contribution in [0.25, 0.3) is 0 Å². The van der Waals surface area contributed by atoms with E-state index in [0.29, 0.717) is 5.75 Å². The van der Waals surface area contributed by atoms with Gasteiger partial charge in [0.25, 0.3) is 0 Å². The molecule has 1 atom stereocenters. The number of hydrogen-bond acceptors (Lipinski definition) is 2. The number of epoxide rings is 1. The van der Waals surface area contributed by atoms with Gasteiger partial charge in [-0.1, -0.05) is 89.7 Å². The lowest BCUT2D eigenvalue weighted by molar-refractivity contribution is 0.398. The SMILES string of the molecule is CCCCCCCCCCCCCCc1cccc(O)c1C1CO1. The molecule has 1 saturated heterocycles. The second-order valence-electron chi connectivity index (χ2n) is 7.31. The molecule has 1 heterocycles. The minimum atomic E-state index is 0.151. The molecule has 1 aliphatic rings. The predicted molar refractivity (Wildman–Crippen MR) is 102 cm³/mol. The van der Waals surface area contributed by atoms with Crippen LogP contribution in [0.4, 0.5) is 0 Å². The van der Waals surface area contributed by atoms with Gasteiger partial charge >= 0.3 is 0 Å².